The molecule has 1 atom stereocenters. The normalized spacial score (nSPS) is 19.6. The third-order valence-corrected chi connectivity index (χ3v) is 2.84. The molecule has 2 heterocycles. The molecule has 5 heteroatoms. The van der Waals surface area contributed by atoms with Gasteiger partial charge in [-0.1, -0.05) is 0 Å². The van der Waals surface area contributed by atoms with E-state index in [2.05, 4.69) is 21.3 Å². The van der Waals surface area contributed by atoms with Gasteiger partial charge in [0.2, 0.25) is 0 Å². The average molecular weight is 264 g/mol. The first-order valence-electron chi connectivity index (χ1n) is 5.22. The fourth-order valence-corrected chi connectivity index (χ4v) is 1.99. The minimum Gasteiger partial charge on any atom is -0.369 e. The van der Waals surface area contributed by atoms with Gasteiger partial charge in [-0.25, -0.2) is 0 Å². The van der Waals surface area contributed by atoms with Gasteiger partial charge in [0, 0.05) is 25.3 Å². The number of rotatable bonds is 2. The summed E-state index contributed by atoms with van der Waals surface area (Å²) in [5.41, 5.74) is 1.24. The molecule has 1 fully saturated rings. The zero-order chi connectivity index (χ0) is 9.80. The molecule has 0 aromatic carbocycles. The standard InChI is InChI=1S/C11H17N3.2ClH/c1-12-10-4-3-7-14(9-10)11-5-2-6-13-8-11;;/h2,5-6,8,10,12H,3-4,7,9H2,1H3;2*1H/t10-;;/m1../s1. The molecule has 1 aliphatic heterocycles. The highest BCUT2D eigenvalue weighted by Gasteiger charge is 2.18. The van der Waals surface area contributed by atoms with Crippen molar-refractivity contribution >= 4 is 30.5 Å². The number of nitrogens with one attached hydrogen (secondary N) is 1. The summed E-state index contributed by atoms with van der Waals surface area (Å²) in [5.74, 6) is 0. The van der Waals surface area contributed by atoms with Gasteiger partial charge in [-0.05, 0) is 32.0 Å². The van der Waals surface area contributed by atoms with Gasteiger partial charge in [-0.15, -0.1) is 24.8 Å². The first kappa shape index (κ1) is 15.5. The van der Waals surface area contributed by atoms with E-state index in [-0.39, 0.29) is 24.8 Å². The second-order valence-corrected chi connectivity index (χ2v) is 3.79. The lowest BCUT2D eigenvalue weighted by Crippen LogP contribution is -2.44. The van der Waals surface area contributed by atoms with Crippen LogP contribution in [0.3, 0.4) is 0 Å². The summed E-state index contributed by atoms with van der Waals surface area (Å²) >= 11 is 0. The van der Waals surface area contributed by atoms with E-state index in [9.17, 15) is 0 Å². The molecule has 0 saturated carbocycles. The summed E-state index contributed by atoms with van der Waals surface area (Å²) < 4.78 is 0. The maximum Gasteiger partial charge on any atom is 0.0553 e. The molecule has 1 saturated heterocycles. The summed E-state index contributed by atoms with van der Waals surface area (Å²) in [6.07, 6.45) is 6.31. The van der Waals surface area contributed by atoms with Crippen molar-refractivity contribution in [2.75, 3.05) is 25.0 Å². The number of piperidine rings is 1. The molecule has 0 bridgehead atoms. The molecule has 1 aromatic heterocycles. The van der Waals surface area contributed by atoms with Gasteiger partial charge in [-0.3, -0.25) is 4.98 Å². The van der Waals surface area contributed by atoms with Crippen molar-refractivity contribution in [2.45, 2.75) is 18.9 Å². The predicted molar refractivity (Wildman–Crippen MR) is 73.0 cm³/mol. The Kier molecular flexibility index (Phi) is 7.47. The van der Waals surface area contributed by atoms with Gasteiger partial charge >= 0.3 is 0 Å². The Labute approximate surface area is 109 Å². The van der Waals surface area contributed by atoms with E-state index in [1.807, 2.05) is 25.5 Å². The number of hydrogen-bond donors (Lipinski definition) is 1. The highest BCUT2D eigenvalue weighted by molar-refractivity contribution is 5.85. The minimum atomic E-state index is 0. The molecule has 92 valence electrons. The maximum atomic E-state index is 4.15. The van der Waals surface area contributed by atoms with Crippen molar-refractivity contribution in [3.05, 3.63) is 24.5 Å². The van der Waals surface area contributed by atoms with Gasteiger partial charge in [0.1, 0.15) is 0 Å². The topological polar surface area (TPSA) is 28.2 Å². The van der Waals surface area contributed by atoms with E-state index in [1.54, 1.807) is 0 Å². The van der Waals surface area contributed by atoms with Crippen molar-refractivity contribution in [3.63, 3.8) is 0 Å². The summed E-state index contributed by atoms with van der Waals surface area (Å²) in [4.78, 5) is 6.55. The fraction of sp³-hybridized carbons (Fsp3) is 0.545. The molecule has 2 rings (SSSR count). The Bertz CT molecular complexity index is 282. The molecule has 1 aromatic rings. The van der Waals surface area contributed by atoms with Crippen LogP contribution in [0.5, 0.6) is 0 Å². The second-order valence-electron chi connectivity index (χ2n) is 3.79. The van der Waals surface area contributed by atoms with Crippen molar-refractivity contribution in [1.82, 2.24) is 10.3 Å². The lowest BCUT2D eigenvalue weighted by atomic mass is 10.1. The lowest BCUT2D eigenvalue weighted by molar-refractivity contribution is 0.449. The number of aromatic nitrogens is 1. The molecule has 3 nitrogen and oxygen atoms in total. The Morgan fingerprint density at radius 3 is 2.88 bits per heavy atom. The molecular formula is C11H19Cl2N3. The minimum absolute atomic E-state index is 0. The summed E-state index contributed by atoms with van der Waals surface area (Å²) in [7, 11) is 2.04. The molecule has 16 heavy (non-hydrogen) atoms. The van der Waals surface area contributed by atoms with E-state index >= 15 is 0 Å². The largest absolute Gasteiger partial charge is 0.369 e. The van der Waals surface area contributed by atoms with Gasteiger partial charge in [0.15, 0.2) is 0 Å². The predicted octanol–water partition coefficient (Wildman–Crippen LogP) is 2.11. The van der Waals surface area contributed by atoms with Crippen LogP contribution in [-0.2, 0) is 0 Å². The molecule has 0 spiro atoms. The summed E-state index contributed by atoms with van der Waals surface area (Å²) in [5, 5.41) is 3.34. The van der Waals surface area contributed by atoms with Crippen LogP contribution in [0.15, 0.2) is 24.5 Å². The van der Waals surface area contributed by atoms with E-state index < -0.39 is 0 Å². The van der Waals surface area contributed by atoms with E-state index in [0.29, 0.717) is 6.04 Å². The molecule has 1 aliphatic rings. The summed E-state index contributed by atoms with van der Waals surface area (Å²) in [6.45, 7) is 2.26. The maximum absolute atomic E-state index is 4.15. The molecule has 0 unspecified atom stereocenters. The number of nitrogens with zero attached hydrogens (tertiary/aromatic N) is 2. The Balaban J connectivity index is 0.00000112. The van der Waals surface area contributed by atoms with E-state index in [0.717, 1.165) is 13.1 Å². The monoisotopic (exact) mass is 263 g/mol. The average Bonchev–Trinajstić information content (AvgIpc) is 2.30. The molecule has 0 aliphatic carbocycles. The van der Waals surface area contributed by atoms with Crippen LogP contribution in [0.2, 0.25) is 0 Å². The number of anilines is 1. The Morgan fingerprint density at radius 1 is 1.44 bits per heavy atom. The lowest BCUT2D eigenvalue weighted by Gasteiger charge is -2.33. The van der Waals surface area contributed by atoms with Gasteiger partial charge < -0.3 is 10.2 Å². The zero-order valence-corrected chi connectivity index (χ0v) is 11.1. The van der Waals surface area contributed by atoms with E-state index in [4.69, 9.17) is 0 Å². The number of pyridine rings is 1. The highest BCUT2D eigenvalue weighted by atomic mass is 35.5. The van der Waals surface area contributed by atoms with Crippen LogP contribution in [0.25, 0.3) is 0 Å². The number of likely N-dealkylation sites (N-methyl/N-ethyl adjacent to an activating group) is 1. The third-order valence-electron chi connectivity index (χ3n) is 2.84. The van der Waals surface area contributed by atoms with Crippen LogP contribution >= 0.6 is 24.8 Å². The molecular weight excluding hydrogens is 245 g/mol. The van der Waals surface area contributed by atoms with Crippen LogP contribution in [0.4, 0.5) is 5.69 Å². The quantitative estimate of drug-likeness (QED) is 0.886. The number of hydrogen-bond acceptors (Lipinski definition) is 3. The fourth-order valence-electron chi connectivity index (χ4n) is 1.99. The second kappa shape index (κ2) is 7.71. The highest BCUT2D eigenvalue weighted by Crippen LogP contribution is 2.18. The first-order valence-corrected chi connectivity index (χ1v) is 5.22. The van der Waals surface area contributed by atoms with Gasteiger partial charge in [0.05, 0.1) is 11.9 Å². The Morgan fingerprint density at radius 2 is 2.25 bits per heavy atom. The van der Waals surface area contributed by atoms with Crippen LogP contribution in [0.1, 0.15) is 12.8 Å². The third kappa shape index (κ3) is 3.81. The zero-order valence-electron chi connectivity index (χ0n) is 9.43. The van der Waals surface area contributed by atoms with Gasteiger partial charge in [0.25, 0.3) is 0 Å². The Hall–Kier alpha value is -0.510. The van der Waals surface area contributed by atoms with Crippen molar-refractivity contribution in [3.8, 4) is 0 Å². The van der Waals surface area contributed by atoms with Crippen LogP contribution in [-0.4, -0.2) is 31.2 Å². The smallest absolute Gasteiger partial charge is 0.0553 e. The van der Waals surface area contributed by atoms with Gasteiger partial charge in [-0.2, -0.15) is 0 Å². The SMILES string of the molecule is CN[C@@H]1CCCN(c2cccnc2)C1.Cl.Cl. The van der Waals surface area contributed by atoms with Crippen molar-refractivity contribution in [1.29, 1.82) is 0 Å². The first-order chi connectivity index (χ1) is 6.90. The van der Waals surface area contributed by atoms with Crippen molar-refractivity contribution < 1.29 is 0 Å². The molecule has 0 amide bonds. The van der Waals surface area contributed by atoms with Crippen molar-refractivity contribution in [2.24, 2.45) is 0 Å². The van der Waals surface area contributed by atoms with Crippen LogP contribution < -0.4 is 10.2 Å². The summed E-state index contributed by atoms with van der Waals surface area (Å²) in [6, 6.07) is 4.76. The molecule has 1 N–H and O–H groups in total. The number of halogens is 2. The van der Waals surface area contributed by atoms with E-state index in [1.165, 1.54) is 18.5 Å². The van der Waals surface area contributed by atoms with Crippen LogP contribution in [0, 0.1) is 0 Å². The molecule has 0 radical (unpaired) electrons.